The lowest BCUT2D eigenvalue weighted by atomic mass is 10.1. The lowest BCUT2D eigenvalue weighted by molar-refractivity contribution is 0.703. The van der Waals surface area contributed by atoms with E-state index in [0.717, 1.165) is 5.57 Å². The fraction of sp³-hybridized carbons (Fsp3) is 0.333. The number of likely N-dealkylation sites (N-methyl/N-ethyl adjacent to an activating group) is 1. The van der Waals surface area contributed by atoms with Gasteiger partial charge in [0.1, 0.15) is 0 Å². The number of halogens is 1. The van der Waals surface area contributed by atoms with Gasteiger partial charge in [-0.05, 0) is 19.5 Å². The minimum absolute atomic E-state index is 0.114. The van der Waals surface area contributed by atoms with E-state index in [2.05, 4.69) is 25.4 Å². The van der Waals surface area contributed by atoms with Gasteiger partial charge in [-0.1, -0.05) is 43.5 Å². The average Bonchev–Trinajstić information content (AvgIpc) is 2.21. The standard InChI is InChI=1S/C12H18ClN/c1-5-7-8-12(13)9-11(6-2)10(3)14-4/h5-10,12,14H,1-2H2,3-4H3/b8-7?,11-9+. The van der Waals surface area contributed by atoms with Crippen LogP contribution in [0.2, 0.25) is 0 Å². The lowest BCUT2D eigenvalue weighted by Gasteiger charge is -2.12. The van der Waals surface area contributed by atoms with E-state index in [4.69, 9.17) is 11.6 Å². The summed E-state index contributed by atoms with van der Waals surface area (Å²) >= 11 is 6.05. The zero-order valence-corrected chi connectivity index (χ0v) is 9.59. The van der Waals surface area contributed by atoms with Crippen molar-refractivity contribution in [3.05, 3.63) is 49.1 Å². The van der Waals surface area contributed by atoms with Crippen LogP contribution in [-0.4, -0.2) is 18.5 Å². The van der Waals surface area contributed by atoms with E-state index >= 15 is 0 Å². The summed E-state index contributed by atoms with van der Waals surface area (Å²) in [6.07, 6.45) is 9.20. The SMILES string of the molecule is C=CC=CC(Cl)/C=C(\C=C)C(C)NC. The summed E-state index contributed by atoms with van der Waals surface area (Å²) in [6.45, 7) is 9.40. The van der Waals surface area contributed by atoms with E-state index in [1.165, 1.54) is 0 Å². The van der Waals surface area contributed by atoms with E-state index in [1.54, 1.807) is 6.08 Å². The minimum Gasteiger partial charge on any atom is -0.313 e. The molecule has 0 radical (unpaired) electrons. The van der Waals surface area contributed by atoms with Crippen molar-refractivity contribution < 1.29 is 0 Å². The van der Waals surface area contributed by atoms with Crippen molar-refractivity contribution in [2.75, 3.05) is 7.05 Å². The van der Waals surface area contributed by atoms with E-state index in [0.29, 0.717) is 0 Å². The van der Waals surface area contributed by atoms with Crippen LogP contribution < -0.4 is 5.32 Å². The molecule has 1 nitrogen and oxygen atoms in total. The van der Waals surface area contributed by atoms with Gasteiger partial charge in [0, 0.05) is 6.04 Å². The topological polar surface area (TPSA) is 12.0 Å². The summed E-state index contributed by atoms with van der Waals surface area (Å²) in [5.41, 5.74) is 1.10. The maximum absolute atomic E-state index is 6.05. The van der Waals surface area contributed by atoms with Gasteiger partial charge < -0.3 is 5.32 Å². The molecule has 14 heavy (non-hydrogen) atoms. The first-order valence-corrected chi connectivity index (χ1v) is 5.04. The van der Waals surface area contributed by atoms with Crippen molar-refractivity contribution in [2.24, 2.45) is 0 Å². The van der Waals surface area contributed by atoms with Crippen LogP contribution in [0.3, 0.4) is 0 Å². The van der Waals surface area contributed by atoms with Crippen LogP contribution in [0, 0.1) is 0 Å². The summed E-state index contributed by atoms with van der Waals surface area (Å²) in [5.74, 6) is 0. The van der Waals surface area contributed by atoms with Crippen LogP contribution in [0.4, 0.5) is 0 Å². The first kappa shape index (κ1) is 13.2. The third-order valence-corrected chi connectivity index (χ3v) is 2.22. The van der Waals surface area contributed by atoms with Gasteiger partial charge in [-0.15, -0.1) is 11.6 Å². The van der Waals surface area contributed by atoms with Crippen LogP contribution in [0.25, 0.3) is 0 Å². The molecule has 0 spiro atoms. The molecule has 0 bridgehead atoms. The number of alkyl halides is 1. The molecule has 78 valence electrons. The van der Waals surface area contributed by atoms with Crippen LogP contribution in [0.5, 0.6) is 0 Å². The second kappa shape index (κ2) is 7.60. The summed E-state index contributed by atoms with van der Waals surface area (Å²) in [5, 5.41) is 3.02. The van der Waals surface area contributed by atoms with Crippen molar-refractivity contribution in [1.82, 2.24) is 5.32 Å². The molecular weight excluding hydrogens is 194 g/mol. The van der Waals surface area contributed by atoms with Crippen molar-refractivity contribution in [3.8, 4) is 0 Å². The molecule has 0 aliphatic carbocycles. The van der Waals surface area contributed by atoms with Gasteiger partial charge in [0.05, 0.1) is 5.38 Å². The van der Waals surface area contributed by atoms with Crippen LogP contribution in [0.15, 0.2) is 49.1 Å². The zero-order valence-electron chi connectivity index (χ0n) is 8.83. The summed E-state index contributed by atoms with van der Waals surface area (Å²) in [6, 6.07) is 0.269. The highest BCUT2D eigenvalue weighted by Crippen LogP contribution is 2.09. The predicted molar refractivity (Wildman–Crippen MR) is 65.8 cm³/mol. The average molecular weight is 212 g/mol. The molecule has 0 aromatic carbocycles. The third kappa shape index (κ3) is 5.05. The molecule has 2 unspecified atom stereocenters. The van der Waals surface area contributed by atoms with Crippen LogP contribution in [-0.2, 0) is 0 Å². The molecule has 0 heterocycles. The van der Waals surface area contributed by atoms with Gasteiger partial charge in [-0.3, -0.25) is 0 Å². The number of nitrogens with one attached hydrogen (secondary N) is 1. The highest BCUT2D eigenvalue weighted by molar-refractivity contribution is 6.23. The molecule has 0 saturated carbocycles. The molecule has 0 amide bonds. The van der Waals surface area contributed by atoms with Crippen molar-refractivity contribution in [2.45, 2.75) is 18.3 Å². The normalized spacial score (nSPS) is 16.6. The molecule has 0 aliphatic rings. The van der Waals surface area contributed by atoms with Gasteiger partial charge in [0.15, 0.2) is 0 Å². The predicted octanol–water partition coefficient (Wildman–Crippen LogP) is 3.06. The number of allylic oxidation sites excluding steroid dienone is 4. The molecule has 2 atom stereocenters. The molecule has 1 N–H and O–H groups in total. The summed E-state index contributed by atoms with van der Waals surface area (Å²) < 4.78 is 0. The minimum atomic E-state index is -0.114. The second-order valence-corrected chi connectivity index (χ2v) is 3.45. The van der Waals surface area contributed by atoms with E-state index in [9.17, 15) is 0 Å². The quantitative estimate of drug-likeness (QED) is 0.526. The number of hydrogen-bond donors (Lipinski definition) is 1. The third-order valence-electron chi connectivity index (χ3n) is 1.95. The first-order valence-electron chi connectivity index (χ1n) is 4.60. The second-order valence-electron chi connectivity index (χ2n) is 2.95. The van der Waals surface area contributed by atoms with Gasteiger partial charge in [0.2, 0.25) is 0 Å². The number of hydrogen-bond acceptors (Lipinski definition) is 1. The Morgan fingerprint density at radius 3 is 2.50 bits per heavy atom. The molecule has 0 rings (SSSR count). The molecule has 2 heteroatoms. The molecule has 0 aliphatic heterocycles. The Kier molecular flexibility index (Phi) is 7.17. The van der Waals surface area contributed by atoms with Crippen molar-refractivity contribution in [1.29, 1.82) is 0 Å². The Morgan fingerprint density at radius 2 is 2.07 bits per heavy atom. The Balaban J connectivity index is 4.49. The van der Waals surface area contributed by atoms with Gasteiger partial charge in [0.25, 0.3) is 0 Å². The van der Waals surface area contributed by atoms with E-state index in [1.807, 2.05) is 31.4 Å². The van der Waals surface area contributed by atoms with E-state index in [-0.39, 0.29) is 11.4 Å². The Morgan fingerprint density at radius 1 is 1.43 bits per heavy atom. The Bertz CT molecular complexity index is 241. The maximum Gasteiger partial charge on any atom is 0.0706 e. The molecule has 0 saturated heterocycles. The maximum atomic E-state index is 6.05. The first-order chi connectivity index (χ1) is 6.65. The zero-order chi connectivity index (χ0) is 11.0. The summed E-state index contributed by atoms with van der Waals surface area (Å²) in [7, 11) is 1.91. The highest BCUT2D eigenvalue weighted by Gasteiger charge is 2.03. The van der Waals surface area contributed by atoms with E-state index < -0.39 is 0 Å². The monoisotopic (exact) mass is 211 g/mol. The smallest absolute Gasteiger partial charge is 0.0706 e. The molecule has 0 fully saturated rings. The van der Waals surface area contributed by atoms with Crippen molar-refractivity contribution >= 4 is 11.6 Å². The Hall–Kier alpha value is -0.790. The largest absolute Gasteiger partial charge is 0.313 e. The van der Waals surface area contributed by atoms with Gasteiger partial charge in [-0.2, -0.15) is 0 Å². The lowest BCUT2D eigenvalue weighted by Crippen LogP contribution is -2.23. The Labute approximate surface area is 91.8 Å². The van der Waals surface area contributed by atoms with Crippen molar-refractivity contribution in [3.63, 3.8) is 0 Å². The van der Waals surface area contributed by atoms with Gasteiger partial charge >= 0.3 is 0 Å². The fourth-order valence-corrected chi connectivity index (χ4v) is 1.21. The van der Waals surface area contributed by atoms with Crippen LogP contribution in [0.1, 0.15) is 6.92 Å². The molecular formula is C12H18ClN. The number of rotatable bonds is 6. The van der Waals surface area contributed by atoms with Crippen LogP contribution >= 0.6 is 11.6 Å². The van der Waals surface area contributed by atoms with Gasteiger partial charge in [-0.25, -0.2) is 0 Å². The summed E-state index contributed by atoms with van der Waals surface area (Å²) in [4.78, 5) is 0. The fourth-order valence-electron chi connectivity index (χ4n) is 0.980. The molecule has 0 aromatic heterocycles. The molecule has 0 aromatic rings. The highest BCUT2D eigenvalue weighted by atomic mass is 35.5.